The molecule has 0 bridgehead atoms. The minimum atomic E-state index is -0.947. The van der Waals surface area contributed by atoms with Crippen molar-refractivity contribution < 1.29 is 40.9 Å². The summed E-state index contributed by atoms with van der Waals surface area (Å²) in [4.78, 5) is 0. The highest BCUT2D eigenvalue weighted by Gasteiger charge is 2.35. The van der Waals surface area contributed by atoms with Crippen LogP contribution in [0, 0.1) is 6.92 Å². The zero-order valence-corrected chi connectivity index (χ0v) is 41.4. The van der Waals surface area contributed by atoms with E-state index in [1.54, 1.807) is 60.7 Å². The summed E-state index contributed by atoms with van der Waals surface area (Å²) in [5.74, 6) is 1.28. The Labute approximate surface area is 426 Å². The molecule has 73 heavy (non-hydrogen) atoms. The molecule has 8 N–H and O–H groups in total. The lowest BCUT2D eigenvalue weighted by molar-refractivity contribution is 0.461. The molecule has 9 rings (SSSR count). The van der Waals surface area contributed by atoms with Crippen molar-refractivity contribution in [3.05, 3.63) is 271 Å². The van der Waals surface area contributed by atoms with Gasteiger partial charge in [0, 0.05) is 42.9 Å². The van der Waals surface area contributed by atoms with Crippen molar-refractivity contribution in [2.75, 3.05) is 0 Å². The summed E-state index contributed by atoms with van der Waals surface area (Å²) in [5.41, 5.74) is 12.1. The van der Waals surface area contributed by atoms with E-state index in [0.717, 1.165) is 66.8 Å². The summed E-state index contributed by atoms with van der Waals surface area (Å²) in [5, 5.41) is 86.4. The Balaban J connectivity index is 1.24. The van der Waals surface area contributed by atoms with Crippen LogP contribution in [0.4, 0.5) is 0 Å². The minimum Gasteiger partial charge on any atom is -0.508 e. The molecule has 0 aliphatic carbocycles. The Morgan fingerprint density at radius 2 is 0.521 bits per heavy atom. The van der Waals surface area contributed by atoms with Crippen LogP contribution in [0.2, 0.25) is 0 Å². The van der Waals surface area contributed by atoms with Crippen molar-refractivity contribution >= 4 is 0 Å². The Bertz CT molecular complexity index is 3110. The van der Waals surface area contributed by atoms with Gasteiger partial charge in [0.05, 0.1) is 0 Å². The number of phenols is 8. The van der Waals surface area contributed by atoms with Crippen LogP contribution in [0.1, 0.15) is 110 Å². The quantitative estimate of drug-likeness (QED) is 0.0471. The fourth-order valence-electron chi connectivity index (χ4n) is 10.0. The molecule has 8 nitrogen and oxygen atoms in total. The Morgan fingerprint density at radius 3 is 0.808 bits per heavy atom. The van der Waals surface area contributed by atoms with Gasteiger partial charge in [-0.2, -0.15) is 0 Å². The maximum Gasteiger partial charge on any atom is 0.122 e. The average molecular weight is 969 g/mol. The molecular formula is C65H60O8. The average Bonchev–Trinajstić information content (AvgIpc) is 3.38. The van der Waals surface area contributed by atoms with Gasteiger partial charge >= 0.3 is 0 Å². The molecule has 9 aromatic rings. The third-order valence-electron chi connectivity index (χ3n) is 14.6. The van der Waals surface area contributed by atoms with Crippen LogP contribution in [0.25, 0.3) is 0 Å². The number of aromatic hydroxyl groups is 8. The number of phenolic OH excluding ortho intramolecular Hbond substituents is 8. The molecule has 0 aliphatic heterocycles. The number of rotatable bonds is 15. The zero-order chi connectivity index (χ0) is 51.6. The van der Waals surface area contributed by atoms with Gasteiger partial charge in [-0.1, -0.05) is 135 Å². The highest BCUT2D eigenvalue weighted by atomic mass is 16.3. The van der Waals surface area contributed by atoms with E-state index in [4.69, 9.17) is 0 Å². The van der Waals surface area contributed by atoms with E-state index >= 15 is 0 Å². The van der Waals surface area contributed by atoms with Gasteiger partial charge in [-0.05, 0) is 164 Å². The van der Waals surface area contributed by atoms with Crippen molar-refractivity contribution in [2.24, 2.45) is 0 Å². The van der Waals surface area contributed by atoms with Crippen LogP contribution in [0.15, 0.2) is 182 Å². The molecule has 0 unspecified atom stereocenters. The molecule has 368 valence electrons. The molecule has 0 heterocycles. The first-order valence-electron chi connectivity index (χ1n) is 24.5. The van der Waals surface area contributed by atoms with E-state index in [1.807, 2.05) is 73.7 Å². The lowest BCUT2D eigenvalue weighted by Crippen LogP contribution is -2.27. The minimum absolute atomic E-state index is 0.141. The fourth-order valence-corrected chi connectivity index (χ4v) is 10.0. The Kier molecular flexibility index (Phi) is 13.7. The van der Waals surface area contributed by atoms with Crippen molar-refractivity contribution in [1.82, 2.24) is 0 Å². The molecule has 0 atom stereocenters. The van der Waals surface area contributed by atoms with Gasteiger partial charge in [0.2, 0.25) is 0 Å². The summed E-state index contributed by atoms with van der Waals surface area (Å²) in [6, 6.07) is 55.8. The molecule has 0 saturated heterocycles. The highest BCUT2D eigenvalue weighted by molar-refractivity contribution is 5.61. The molecule has 0 aliphatic rings. The van der Waals surface area contributed by atoms with Crippen LogP contribution in [0.5, 0.6) is 46.0 Å². The second-order valence-electron chi connectivity index (χ2n) is 20.1. The molecule has 8 heteroatoms. The van der Waals surface area contributed by atoms with E-state index in [2.05, 4.69) is 75.4 Å². The van der Waals surface area contributed by atoms with E-state index < -0.39 is 10.8 Å². The first-order chi connectivity index (χ1) is 34.9. The maximum absolute atomic E-state index is 12.2. The van der Waals surface area contributed by atoms with Gasteiger partial charge in [-0.25, -0.2) is 0 Å². The smallest absolute Gasteiger partial charge is 0.122 e. The van der Waals surface area contributed by atoms with Gasteiger partial charge in [0.1, 0.15) is 46.0 Å². The van der Waals surface area contributed by atoms with Gasteiger partial charge in [-0.3, -0.25) is 0 Å². The first kappa shape index (κ1) is 49.4. The SMILES string of the molecule is Cc1cc(C(C)(C)c2ccc(C(C)(c3cc(Cc4ccc(O)cc4)c(O)c(Cc4ccc(O)cc4)c3)c3cc(Cc4ccc(O)cc4)c(O)c(Cc4ccc(O)cc4)c3)cc2)cc(Cc2ccc(O)cc2)c1O. The summed E-state index contributed by atoms with van der Waals surface area (Å²) in [6.45, 7) is 8.44. The third kappa shape index (κ3) is 10.7. The van der Waals surface area contributed by atoms with E-state index in [9.17, 15) is 40.9 Å². The molecule has 0 spiro atoms. The first-order valence-corrected chi connectivity index (χ1v) is 24.5. The fraction of sp³-hybridized carbons (Fsp3) is 0.169. The lowest BCUT2D eigenvalue weighted by Gasteiger charge is -2.35. The van der Waals surface area contributed by atoms with Crippen LogP contribution >= 0.6 is 0 Å². The van der Waals surface area contributed by atoms with Crippen molar-refractivity contribution in [2.45, 2.75) is 70.6 Å². The largest absolute Gasteiger partial charge is 0.508 e. The predicted molar refractivity (Wildman–Crippen MR) is 288 cm³/mol. The lowest BCUT2D eigenvalue weighted by atomic mass is 9.68. The summed E-state index contributed by atoms with van der Waals surface area (Å²) >= 11 is 0. The van der Waals surface area contributed by atoms with E-state index in [-0.39, 0.29) is 46.0 Å². The monoisotopic (exact) mass is 968 g/mol. The summed E-state index contributed by atoms with van der Waals surface area (Å²) in [7, 11) is 0. The maximum atomic E-state index is 12.2. The van der Waals surface area contributed by atoms with Gasteiger partial charge in [0.25, 0.3) is 0 Å². The zero-order valence-electron chi connectivity index (χ0n) is 41.4. The van der Waals surface area contributed by atoms with Gasteiger partial charge < -0.3 is 40.9 Å². The summed E-state index contributed by atoms with van der Waals surface area (Å²) < 4.78 is 0. The predicted octanol–water partition coefficient (Wildman–Crippen LogP) is 13.3. The van der Waals surface area contributed by atoms with Gasteiger partial charge in [-0.15, -0.1) is 0 Å². The second-order valence-corrected chi connectivity index (χ2v) is 20.1. The number of benzene rings is 9. The van der Waals surface area contributed by atoms with Crippen LogP contribution in [0.3, 0.4) is 0 Å². The van der Waals surface area contributed by atoms with Gasteiger partial charge in [0.15, 0.2) is 0 Å². The van der Waals surface area contributed by atoms with Crippen molar-refractivity contribution in [1.29, 1.82) is 0 Å². The standard InChI is InChI=1S/C65H60O8/c1-40-29-53(35-46(61(40)71)30-41-5-19-56(66)20-6-41)64(2,3)51-15-17-52(18-16-51)65(4,54-36-47(31-42-7-21-57(67)22-8-42)62(72)48(37-54)32-43-9-23-58(68)24-10-43)55-38-49(33-44-11-25-59(69)26-12-44)63(73)50(39-55)34-45-13-27-60(70)28-14-45/h5-29,35-39,66-73H,30-34H2,1-4H3. The molecule has 0 saturated carbocycles. The topological polar surface area (TPSA) is 162 Å². The Hall–Kier alpha value is -8.62. The Morgan fingerprint density at radius 1 is 0.274 bits per heavy atom. The normalized spacial score (nSPS) is 11.7. The van der Waals surface area contributed by atoms with E-state index in [0.29, 0.717) is 54.4 Å². The molecule has 0 amide bonds. The van der Waals surface area contributed by atoms with Crippen molar-refractivity contribution in [3.8, 4) is 46.0 Å². The molecule has 9 aromatic carbocycles. The molecule has 0 radical (unpaired) electrons. The molecule has 0 fully saturated rings. The number of hydrogen-bond donors (Lipinski definition) is 8. The van der Waals surface area contributed by atoms with Crippen LogP contribution in [-0.4, -0.2) is 40.9 Å². The van der Waals surface area contributed by atoms with Crippen LogP contribution in [-0.2, 0) is 42.9 Å². The summed E-state index contributed by atoms with van der Waals surface area (Å²) in [6.07, 6.45) is 1.93. The highest BCUT2D eigenvalue weighted by Crippen LogP contribution is 2.46. The number of aryl methyl sites for hydroxylation is 1. The molecule has 0 aromatic heterocycles. The van der Waals surface area contributed by atoms with Crippen LogP contribution < -0.4 is 0 Å². The molecular weight excluding hydrogens is 909 g/mol. The second kappa shape index (κ2) is 20.2. The van der Waals surface area contributed by atoms with Crippen molar-refractivity contribution in [3.63, 3.8) is 0 Å². The van der Waals surface area contributed by atoms with E-state index in [1.165, 1.54) is 0 Å². The number of hydrogen-bond acceptors (Lipinski definition) is 8. The third-order valence-corrected chi connectivity index (χ3v) is 14.6.